The molecule has 0 aliphatic carbocycles. The lowest BCUT2D eigenvalue weighted by molar-refractivity contribution is 0.570. The summed E-state index contributed by atoms with van der Waals surface area (Å²) in [4.78, 5) is 8.95. The molecule has 0 radical (unpaired) electrons. The van der Waals surface area contributed by atoms with E-state index in [2.05, 4.69) is 41.8 Å². The van der Waals surface area contributed by atoms with E-state index in [1.165, 1.54) is 0 Å². The number of aromatic nitrogens is 2. The van der Waals surface area contributed by atoms with Crippen LogP contribution in [-0.4, -0.2) is 29.1 Å². The predicted molar refractivity (Wildman–Crippen MR) is 108 cm³/mol. The summed E-state index contributed by atoms with van der Waals surface area (Å²) in [6, 6.07) is 1.85. The third-order valence-corrected chi connectivity index (χ3v) is 5.58. The number of hydrogen-bond donors (Lipinski definition) is 2. The minimum atomic E-state index is 0.0946. The van der Waals surface area contributed by atoms with Crippen molar-refractivity contribution in [2.45, 2.75) is 39.2 Å². The summed E-state index contributed by atoms with van der Waals surface area (Å²) in [7, 11) is 3.64. The van der Waals surface area contributed by atoms with Gasteiger partial charge < -0.3 is 15.2 Å². The van der Waals surface area contributed by atoms with Crippen molar-refractivity contribution in [3.63, 3.8) is 0 Å². The molecular formula is C17H25Cl2N5S. The first-order chi connectivity index (χ1) is 11.7. The highest BCUT2D eigenvalue weighted by Gasteiger charge is 2.17. The minimum absolute atomic E-state index is 0.0946. The SMILES string of the molecule is CN=C(NCCc1nc(C(C)(C)C)cs1)NCc1cc(Cl)c(Cl)n1C. The van der Waals surface area contributed by atoms with Gasteiger partial charge in [0.25, 0.3) is 0 Å². The Morgan fingerprint density at radius 3 is 2.56 bits per heavy atom. The second kappa shape index (κ2) is 8.43. The number of thiazole rings is 1. The normalized spacial score (nSPS) is 12.5. The van der Waals surface area contributed by atoms with E-state index in [9.17, 15) is 0 Å². The Morgan fingerprint density at radius 2 is 2.04 bits per heavy atom. The lowest BCUT2D eigenvalue weighted by Crippen LogP contribution is -2.38. The maximum Gasteiger partial charge on any atom is 0.191 e. The highest BCUT2D eigenvalue weighted by atomic mass is 35.5. The molecule has 2 heterocycles. The summed E-state index contributed by atoms with van der Waals surface area (Å²) in [6.45, 7) is 7.90. The number of aliphatic imine (C=N–C) groups is 1. The number of nitrogens with one attached hydrogen (secondary N) is 2. The van der Waals surface area contributed by atoms with Crippen LogP contribution in [0.15, 0.2) is 16.4 Å². The molecule has 2 aromatic rings. The van der Waals surface area contributed by atoms with Crippen molar-refractivity contribution >= 4 is 40.5 Å². The zero-order valence-corrected chi connectivity index (χ0v) is 17.6. The zero-order chi connectivity index (χ0) is 18.6. The monoisotopic (exact) mass is 401 g/mol. The summed E-state index contributed by atoms with van der Waals surface area (Å²) in [6.07, 6.45) is 0.864. The van der Waals surface area contributed by atoms with E-state index >= 15 is 0 Å². The summed E-state index contributed by atoms with van der Waals surface area (Å²) >= 11 is 13.8. The Bertz CT molecular complexity index is 743. The molecule has 2 aromatic heterocycles. The van der Waals surface area contributed by atoms with Gasteiger partial charge in [0.05, 0.1) is 22.3 Å². The number of rotatable bonds is 5. The molecule has 5 nitrogen and oxygen atoms in total. The van der Waals surface area contributed by atoms with Crippen molar-refractivity contribution in [1.29, 1.82) is 0 Å². The highest BCUT2D eigenvalue weighted by Crippen LogP contribution is 2.25. The van der Waals surface area contributed by atoms with Crippen LogP contribution < -0.4 is 10.6 Å². The third-order valence-electron chi connectivity index (χ3n) is 3.83. The van der Waals surface area contributed by atoms with E-state index in [0.717, 1.165) is 35.3 Å². The van der Waals surface area contributed by atoms with Gasteiger partial charge in [-0.2, -0.15) is 0 Å². The molecule has 2 rings (SSSR count). The average molecular weight is 402 g/mol. The number of halogens is 2. The molecule has 0 bridgehead atoms. The van der Waals surface area contributed by atoms with Crippen LogP contribution in [0.2, 0.25) is 10.2 Å². The lowest BCUT2D eigenvalue weighted by Gasteiger charge is -2.14. The van der Waals surface area contributed by atoms with Gasteiger partial charge in [0.1, 0.15) is 5.15 Å². The molecule has 0 spiro atoms. The van der Waals surface area contributed by atoms with Crippen molar-refractivity contribution in [1.82, 2.24) is 20.2 Å². The van der Waals surface area contributed by atoms with Crippen molar-refractivity contribution in [3.8, 4) is 0 Å². The van der Waals surface area contributed by atoms with Gasteiger partial charge in [0, 0.05) is 43.5 Å². The highest BCUT2D eigenvalue weighted by molar-refractivity contribution is 7.09. The Morgan fingerprint density at radius 1 is 1.32 bits per heavy atom. The first kappa shape index (κ1) is 20.1. The first-order valence-electron chi connectivity index (χ1n) is 8.11. The lowest BCUT2D eigenvalue weighted by atomic mass is 9.93. The van der Waals surface area contributed by atoms with Crippen molar-refractivity contribution in [2.24, 2.45) is 12.0 Å². The number of guanidine groups is 1. The molecule has 0 aliphatic rings. The van der Waals surface area contributed by atoms with Crippen molar-refractivity contribution in [2.75, 3.05) is 13.6 Å². The standard InChI is InChI=1S/C17H25Cl2N5S/c1-17(2,3)13-10-25-14(23-13)6-7-21-16(20-4)22-9-11-8-12(18)15(19)24(11)5/h8,10H,6-7,9H2,1-5H3,(H2,20,21,22). The molecule has 0 aromatic carbocycles. The molecular weight excluding hydrogens is 377 g/mol. The Balaban J connectivity index is 1.82. The fourth-order valence-corrected chi connectivity index (χ4v) is 3.65. The maximum absolute atomic E-state index is 6.08. The topological polar surface area (TPSA) is 54.2 Å². The van der Waals surface area contributed by atoms with Crippen LogP contribution in [0.5, 0.6) is 0 Å². The molecule has 8 heteroatoms. The molecule has 0 unspecified atom stereocenters. The zero-order valence-electron chi connectivity index (χ0n) is 15.3. The van der Waals surface area contributed by atoms with Crippen LogP contribution in [0.3, 0.4) is 0 Å². The summed E-state index contributed by atoms with van der Waals surface area (Å²) in [5.74, 6) is 0.737. The Labute approximate surface area is 163 Å². The third kappa shape index (κ3) is 5.36. The van der Waals surface area contributed by atoms with E-state index in [1.54, 1.807) is 18.4 Å². The second-order valence-corrected chi connectivity index (χ2v) is 8.52. The van der Waals surface area contributed by atoms with Crippen LogP contribution in [-0.2, 0) is 25.4 Å². The van der Waals surface area contributed by atoms with Crippen LogP contribution in [0.1, 0.15) is 37.2 Å². The molecule has 0 aliphatic heterocycles. The maximum atomic E-state index is 6.08. The van der Waals surface area contributed by atoms with E-state index in [1.807, 2.05) is 17.7 Å². The second-order valence-electron chi connectivity index (χ2n) is 6.81. The molecule has 0 saturated carbocycles. The van der Waals surface area contributed by atoms with Gasteiger partial charge in [-0.3, -0.25) is 4.99 Å². The summed E-state index contributed by atoms with van der Waals surface area (Å²) < 4.78 is 1.85. The van der Waals surface area contributed by atoms with Gasteiger partial charge in [-0.15, -0.1) is 11.3 Å². The van der Waals surface area contributed by atoms with Gasteiger partial charge in [-0.1, -0.05) is 44.0 Å². The summed E-state index contributed by atoms with van der Waals surface area (Å²) in [5.41, 5.74) is 2.23. The van der Waals surface area contributed by atoms with Gasteiger partial charge in [0.15, 0.2) is 5.96 Å². The van der Waals surface area contributed by atoms with Crippen LogP contribution in [0, 0.1) is 0 Å². The van der Waals surface area contributed by atoms with E-state index in [-0.39, 0.29) is 5.41 Å². The molecule has 0 atom stereocenters. The quantitative estimate of drug-likeness (QED) is 0.587. The fraction of sp³-hybridized carbons (Fsp3) is 0.529. The minimum Gasteiger partial charge on any atom is -0.356 e. The molecule has 25 heavy (non-hydrogen) atoms. The molecule has 0 saturated heterocycles. The van der Waals surface area contributed by atoms with E-state index in [4.69, 9.17) is 28.2 Å². The molecule has 138 valence electrons. The number of hydrogen-bond acceptors (Lipinski definition) is 3. The summed E-state index contributed by atoms with van der Waals surface area (Å²) in [5, 5.41) is 11.0. The average Bonchev–Trinajstić information content (AvgIpc) is 3.12. The first-order valence-corrected chi connectivity index (χ1v) is 9.75. The van der Waals surface area contributed by atoms with Gasteiger partial charge >= 0.3 is 0 Å². The largest absolute Gasteiger partial charge is 0.356 e. The van der Waals surface area contributed by atoms with Crippen LogP contribution in [0.25, 0.3) is 0 Å². The van der Waals surface area contributed by atoms with E-state index in [0.29, 0.717) is 16.7 Å². The van der Waals surface area contributed by atoms with E-state index < -0.39 is 0 Å². The van der Waals surface area contributed by atoms with Crippen molar-refractivity contribution in [3.05, 3.63) is 38.0 Å². The Kier molecular flexibility index (Phi) is 6.77. The van der Waals surface area contributed by atoms with Gasteiger partial charge in [-0.05, 0) is 6.07 Å². The number of nitrogens with zero attached hydrogens (tertiary/aromatic N) is 3. The predicted octanol–water partition coefficient (Wildman–Crippen LogP) is 3.99. The van der Waals surface area contributed by atoms with Gasteiger partial charge in [-0.25, -0.2) is 4.98 Å². The fourth-order valence-electron chi connectivity index (χ4n) is 2.21. The molecule has 0 fully saturated rings. The molecule has 0 amide bonds. The van der Waals surface area contributed by atoms with Crippen LogP contribution >= 0.6 is 34.5 Å². The van der Waals surface area contributed by atoms with Crippen LogP contribution in [0.4, 0.5) is 0 Å². The molecule has 2 N–H and O–H groups in total. The van der Waals surface area contributed by atoms with Gasteiger partial charge in [0.2, 0.25) is 0 Å². The van der Waals surface area contributed by atoms with Crippen molar-refractivity contribution < 1.29 is 0 Å². The Hall–Kier alpha value is -1.24. The smallest absolute Gasteiger partial charge is 0.191 e.